The molecule has 1 heterocycles. The molecule has 0 aliphatic carbocycles. The summed E-state index contributed by atoms with van der Waals surface area (Å²) in [5, 5.41) is 3.50. The second kappa shape index (κ2) is 5.97. The molecule has 0 radical (unpaired) electrons. The van der Waals surface area contributed by atoms with E-state index in [1.165, 1.54) is 0 Å². The lowest BCUT2D eigenvalue weighted by Gasteiger charge is -2.29. The fourth-order valence-electron chi connectivity index (χ4n) is 2.64. The number of nitrogens with one attached hydrogen (secondary N) is 1. The van der Waals surface area contributed by atoms with Crippen LogP contribution in [-0.2, 0) is 4.79 Å². The monoisotopic (exact) mass is 282 g/mol. The topological polar surface area (TPSA) is 64.4 Å². The van der Waals surface area contributed by atoms with E-state index in [0.717, 1.165) is 35.6 Å². The van der Waals surface area contributed by atoms with Crippen molar-refractivity contribution >= 4 is 5.91 Å². The zero-order valence-electron chi connectivity index (χ0n) is 11.7. The van der Waals surface area contributed by atoms with Crippen LogP contribution in [0.15, 0.2) is 48.5 Å². The van der Waals surface area contributed by atoms with Crippen molar-refractivity contribution in [3.63, 3.8) is 0 Å². The highest BCUT2D eigenvalue weighted by atomic mass is 16.5. The molecular weight excluding hydrogens is 264 g/mol. The Morgan fingerprint density at radius 3 is 2.19 bits per heavy atom. The summed E-state index contributed by atoms with van der Waals surface area (Å²) in [4.78, 5) is 10.8. The zero-order valence-corrected chi connectivity index (χ0v) is 11.7. The second-order valence-corrected chi connectivity index (χ2v) is 5.13. The van der Waals surface area contributed by atoms with Gasteiger partial charge in [0.2, 0.25) is 5.91 Å². The summed E-state index contributed by atoms with van der Waals surface area (Å²) in [6.07, 6.45) is 1.14. The molecule has 21 heavy (non-hydrogen) atoms. The first-order valence-corrected chi connectivity index (χ1v) is 7.13. The summed E-state index contributed by atoms with van der Waals surface area (Å²) in [6, 6.07) is 16.1. The van der Waals surface area contributed by atoms with Gasteiger partial charge in [0.1, 0.15) is 11.5 Å². The minimum atomic E-state index is -0.260. The molecule has 4 heteroatoms. The fraction of sp³-hybridized carbons (Fsp3) is 0.235. The zero-order chi connectivity index (χ0) is 14.7. The van der Waals surface area contributed by atoms with Crippen LogP contribution in [0.1, 0.15) is 30.0 Å². The molecule has 0 bridgehead atoms. The lowest BCUT2D eigenvalue weighted by Crippen LogP contribution is -2.27. The molecule has 1 aliphatic rings. The van der Waals surface area contributed by atoms with Crippen LogP contribution in [0.5, 0.6) is 11.5 Å². The number of carbonyl (C=O) groups is 1. The van der Waals surface area contributed by atoms with E-state index in [2.05, 4.69) is 17.4 Å². The Balaban J connectivity index is 1.83. The summed E-state index contributed by atoms with van der Waals surface area (Å²) in [7, 11) is 0. The van der Waals surface area contributed by atoms with Crippen molar-refractivity contribution in [2.24, 2.45) is 5.73 Å². The van der Waals surface area contributed by atoms with E-state index in [4.69, 9.17) is 10.5 Å². The van der Waals surface area contributed by atoms with Crippen molar-refractivity contribution in [1.29, 1.82) is 0 Å². The Hall–Kier alpha value is -2.33. The molecule has 108 valence electrons. The quantitative estimate of drug-likeness (QED) is 0.829. The van der Waals surface area contributed by atoms with Gasteiger partial charge in [-0.15, -0.1) is 0 Å². The van der Waals surface area contributed by atoms with Gasteiger partial charge in [0, 0.05) is 17.5 Å². The molecule has 0 unspecified atom stereocenters. The van der Waals surface area contributed by atoms with Crippen LogP contribution in [-0.4, -0.2) is 12.5 Å². The molecule has 1 aliphatic heterocycles. The normalized spacial score (nSPS) is 13.1. The predicted molar refractivity (Wildman–Crippen MR) is 81.2 cm³/mol. The van der Waals surface area contributed by atoms with E-state index in [0.29, 0.717) is 6.42 Å². The molecule has 0 spiro atoms. The molecule has 4 nitrogen and oxygen atoms in total. The van der Waals surface area contributed by atoms with Crippen LogP contribution in [0.4, 0.5) is 0 Å². The standard InChI is InChI=1S/C17H18N2O2/c18-16(20)10-5-11-19-17-12-6-1-3-8-14(12)21-15-9-4-2-7-13(15)17/h1-4,6-9,17,19H,5,10-11H2,(H2,18,20). The lowest BCUT2D eigenvalue weighted by molar-refractivity contribution is -0.118. The Morgan fingerprint density at radius 2 is 1.62 bits per heavy atom. The van der Waals surface area contributed by atoms with Gasteiger partial charge < -0.3 is 15.8 Å². The first-order chi connectivity index (χ1) is 10.3. The number of ether oxygens (including phenoxy) is 1. The van der Waals surface area contributed by atoms with Crippen molar-refractivity contribution in [2.45, 2.75) is 18.9 Å². The van der Waals surface area contributed by atoms with E-state index < -0.39 is 0 Å². The molecule has 2 aromatic rings. The highest BCUT2D eigenvalue weighted by Gasteiger charge is 2.25. The molecule has 1 amide bonds. The molecule has 3 rings (SSSR count). The number of para-hydroxylation sites is 2. The maximum absolute atomic E-state index is 10.8. The number of hydrogen-bond acceptors (Lipinski definition) is 3. The lowest BCUT2D eigenvalue weighted by atomic mass is 9.94. The first kappa shape index (κ1) is 13.6. The predicted octanol–water partition coefficient (Wildman–Crippen LogP) is 2.74. The van der Waals surface area contributed by atoms with Crippen LogP contribution < -0.4 is 15.8 Å². The van der Waals surface area contributed by atoms with E-state index >= 15 is 0 Å². The van der Waals surface area contributed by atoms with Crippen molar-refractivity contribution in [2.75, 3.05) is 6.54 Å². The summed E-state index contributed by atoms with van der Waals surface area (Å²) in [5.74, 6) is 1.50. The number of amides is 1. The third kappa shape index (κ3) is 2.90. The Bertz CT molecular complexity index is 609. The van der Waals surface area contributed by atoms with Gasteiger partial charge in [-0.3, -0.25) is 4.79 Å². The van der Waals surface area contributed by atoms with Crippen molar-refractivity contribution < 1.29 is 9.53 Å². The summed E-state index contributed by atoms with van der Waals surface area (Å²) in [5.41, 5.74) is 7.42. The molecular formula is C17H18N2O2. The van der Waals surface area contributed by atoms with Crippen LogP contribution in [0.25, 0.3) is 0 Å². The molecule has 2 aromatic carbocycles. The van der Waals surface area contributed by atoms with Crippen molar-refractivity contribution in [3.05, 3.63) is 59.7 Å². The second-order valence-electron chi connectivity index (χ2n) is 5.13. The largest absolute Gasteiger partial charge is 0.457 e. The minimum absolute atomic E-state index is 0.0824. The maximum Gasteiger partial charge on any atom is 0.217 e. The number of hydrogen-bond donors (Lipinski definition) is 2. The molecule has 0 saturated carbocycles. The van der Waals surface area contributed by atoms with E-state index in [-0.39, 0.29) is 11.9 Å². The third-order valence-electron chi connectivity index (χ3n) is 3.63. The van der Waals surface area contributed by atoms with Gasteiger partial charge in [-0.25, -0.2) is 0 Å². The molecule has 3 N–H and O–H groups in total. The average Bonchev–Trinajstić information content (AvgIpc) is 2.50. The SMILES string of the molecule is NC(=O)CCCNC1c2ccccc2Oc2ccccc21. The fourth-order valence-corrected chi connectivity index (χ4v) is 2.64. The van der Waals surface area contributed by atoms with Crippen LogP contribution in [0.2, 0.25) is 0 Å². The minimum Gasteiger partial charge on any atom is -0.457 e. The van der Waals surface area contributed by atoms with Gasteiger partial charge in [0.25, 0.3) is 0 Å². The number of carbonyl (C=O) groups excluding carboxylic acids is 1. The van der Waals surface area contributed by atoms with Gasteiger partial charge in [-0.2, -0.15) is 0 Å². The van der Waals surface area contributed by atoms with Crippen LogP contribution in [0, 0.1) is 0 Å². The number of nitrogens with two attached hydrogens (primary N) is 1. The summed E-state index contributed by atoms with van der Waals surface area (Å²) in [6.45, 7) is 0.732. The maximum atomic E-state index is 10.8. The molecule has 0 aromatic heterocycles. The summed E-state index contributed by atoms with van der Waals surface area (Å²) < 4.78 is 5.94. The molecule has 0 saturated heterocycles. The Kier molecular flexibility index (Phi) is 3.88. The van der Waals surface area contributed by atoms with Crippen LogP contribution in [0.3, 0.4) is 0 Å². The Labute approximate surface area is 123 Å². The number of benzene rings is 2. The number of rotatable bonds is 5. The molecule has 0 atom stereocenters. The highest BCUT2D eigenvalue weighted by molar-refractivity contribution is 5.73. The smallest absolute Gasteiger partial charge is 0.217 e. The van der Waals surface area contributed by atoms with Gasteiger partial charge >= 0.3 is 0 Å². The number of fused-ring (bicyclic) bond motifs is 2. The average molecular weight is 282 g/mol. The summed E-state index contributed by atoms with van der Waals surface area (Å²) >= 11 is 0. The molecule has 0 fully saturated rings. The van der Waals surface area contributed by atoms with Crippen molar-refractivity contribution in [3.8, 4) is 11.5 Å². The van der Waals surface area contributed by atoms with Gasteiger partial charge in [-0.1, -0.05) is 36.4 Å². The number of primary amides is 1. The van der Waals surface area contributed by atoms with E-state index in [1.54, 1.807) is 0 Å². The van der Waals surface area contributed by atoms with Gasteiger partial charge in [-0.05, 0) is 25.1 Å². The van der Waals surface area contributed by atoms with Crippen LogP contribution >= 0.6 is 0 Å². The van der Waals surface area contributed by atoms with Crippen molar-refractivity contribution in [1.82, 2.24) is 5.32 Å². The Morgan fingerprint density at radius 1 is 1.05 bits per heavy atom. The van der Waals surface area contributed by atoms with E-state index in [1.807, 2.05) is 36.4 Å². The van der Waals surface area contributed by atoms with Gasteiger partial charge in [0.15, 0.2) is 0 Å². The highest BCUT2D eigenvalue weighted by Crippen LogP contribution is 2.42. The third-order valence-corrected chi connectivity index (χ3v) is 3.63. The van der Waals surface area contributed by atoms with Gasteiger partial charge in [0.05, 0.1) is 6.04 Å². The van der Waals surface area contributed by atoms with E-state index in [9.17, 15) is 4.79 Å². The first-order valence-electron chi connectivity index (χ1n) is 7.13.